The van der Waals surface area contributed by atoms with Gasteiger partial charge in [-0.05, 0) is 23.8 Å². The lowest BCUT2D eigenvalue weighted by Gasteiger charge is -2.03. The van der Waals surface area contributed by atoms with Crippen LogP contribution in [0, 0.1) is 0 Å². The van der Waals surface area contributed by atoms with Crippen molar-refractivity contribution in [3.8, 4) is 5.75 Å². The average molecular weight is 192 g/mol. The highest BCUT2D eigenvalue weighted by atomic mass is 16.5. The van der Waals surface area contributed by atoms with Gasteiger partial charge in [0.05, 0.1) is 6.61 Å². The lowest BCUT2D eigenvalue weighted by molar-refractivity contribution is -0.104. The molecule has 1 N–H and O–H groups in total. The molecule has 0 aromatic heterocycles. The summed E-state index contributed by atoms with van der Waals surface area (Å²) >= 11 is 0. The minimum absolute atomic E-state index is 0.00674. The molecular formula is C11H12O3. The minimum Gasteiger partial charge on any atom is -0.491 e. The molecule has 74 valence electrons. The van der Waals surface area contributed by atoms with Gasteiger partial charge in [-0.2, -0.15) is 0 Å². The lowest BCUT2D eigenvalue weighted by Crippen LogP contribution is -2.01. The Morgan fingerprint density at radius 2 is 2.00 bits per heavy atom. The number of benzene rings is 1. The van der Waals surface area contributed by atoms with Crippen LogP contribution in [0.15, 0.2) is 30.3 Å². The summed E-state index contributed by atoms with van der Waals surface area (Å²) in [6.07, 6.45) is 3.88. The molecule has 0 spiro atoms. The average Bonchev–Trinajstić information content (AvgIpc) is 2.25. The van der Waals surface area contributed by atoms with E-state index in [-0.39, 0.29) is 6.61 Å². The Hall–Kier alpha value is -1.61. The van der Waals surface area contributed by atoms with Crippen molar-refractivity contribution in [2.75, 3.05) is 13.2 Å². The van der Waals surface area contributed by atoms with Crippen LogP contribution in [0.3, 0.4) is 0 Å². The molecule has 1 aromatic carbocycles. The maximum absolute atomic E-state index is 10.0. The summed E-state index contributed by atoms with van der Waals surface area (Å²) in [7, 11) is 0. The fourth-order valence-electron chi connectivity index (χ4n) is 0.989. The van der Waals surface area contributed by atoms with E-state index in [1.165, 1.54) is 6.08 Å². The number of ether oxygens (including phenoxy) is 1. The van der Waals surface area contributed by atoms with Crippen LogP contribution >= 0.6 is 0 Å². The van der Waals surface area contributed by atoms with Gasteiger partial charge in [0.25, 0.3) is 0 Å². The molecule has 0 unspecified atom stereocenters. The van der Waals surface area contributed by atoms with Crippen molar-refractivity contribution in [2.45, 2.75) is 0 Å². The van der Waals surface area contributed by atoms with Crippen LogP contribution in [0.2, 0.25) is 0 Å². The molecule has 0 heterocycles. The van der Waals surface area contributed by atoms with E-state index in [1.54, 1.807) is 18.2 Å². The van der Waals surface area contributed by atoms with Gasteiger partial charge in [-0.25, -0.2) is 0 Å². The van der Waals surface area contributed by atoms with Crippen LogP contribution in [-0.4, -0.2) is 24.6 Å². The summed E-state index contributed by atoms with van der Waals surface area (Å²) in [5.41, 5.74) is 0.938. The van der Waals surface area contributed by atoms with Crippen LogP contribution < -0.4 is 4.74 Å². The SMILES string of the molecule is O=C/C=C/c1ccc(OCCO)cc1. The zero-order valence-corrected chi connectivity index (χ0v) is 7.72. The Kier molecular flexibility index (Phi) is 4.44. The van der Waals surface area contributed by atoms with Gasteiger partial charge in [0.2, 0.25) is 0 Å². The first kappa shape index (κ1) is 10.5. The normalized spacial score (nSPS) is 10.4. The summed E-state index contributed by atoms with van der Waals surface area (Å²) in [6.45, 7) is 0.302. The van der Waals surface area contributed by atoms with Crippen molar-refractivity contribution in [2.24, 2.45) is 0 Å². The number of allylic oxidation sites excluding steroid dienone is 1. The second kappa shape index (κ2) is 5.94. The Balaban J connectivity index is 2.59. The highest BCUT2D eigenvalue weighted by Crippen LogP contribution is 2.12. The number of hydrogen-bond donors (Lipinski definition) is 1. The monoisotopic (exact) mass is 192 g/mol. The molecule has 0 amide bonds. The van der Waals surface area contributed by atoms with Gasteiger partial charge in [0.15, 0.2) is 0 Å². The van der Waals surface area contributed by atoms with E-state index in [0.29, 0.717) is 12.4 Å². The molecule has 0 aliphatic heterocycles. The summed E-state index contributed by atoms with van der Waals surface area (Å²) in [5, 5.41) is 8.52. The lowest BCUT2D eigenvalue weighted by atomic mass is 10.2. The number of aliphatic hydroxyl groups excluding tert-OH is 1. The summed E-state index contributed by atoms with van der Waals surface area (Å²) in [6, 6.07) is 7.26. The fourth-order valence-corrected chi connectivity index (χ4v) is 0.989. The molecule has 1 aromatic rings. The van der Waals surface area contributed by atoms with Crippen molar-refractivity contribution in [1.82, 2.24) is 0 Å². The van der Waals surface area contributed by atoms with Crippen molar-refractivity contribution in [1.29, 1.82) is 0 Å². The topological polar surface area (TPSA) is 46.5 Å². The van der Waals surface area contributed by atoms with Crippen molar-refractivity contribution in [3.05, 3.63) is 35.9 Å². The Bertz CT molecular complexity index is 301. The number of rotatable bonds is 5. The number of aliphatic hydroxyl groups is 1. The van der Waals surface area contributed by atoms with Crippen molar-refractivity contribution >= 4 is 12.4 Å². The molecule has 0 fully saturated rings. The van der Waals surface area contributed by atoms with E-state index in [4.69, 9.17) is 9.84 Å². The molecule has 1 rings (SSSR count). The molecule has 0 aliphatic carbocycles. The molecule has 0 atom stereocenters. The third-order valence-electron chi connectivity index (χ3n) is 1.61. The zero-order chi connectivity index (χ0) is 10.2. The van der Waals surface area contributed by atoms with Gasteiger partial charge in [0.1, 0.15) is 18.6 Å². The van der Waals surface area contributed by atoms with Gasteiger partial charge >= 0.3 is 0 Å². The van der Waals surface area contributed by atoms with Crippen LogP contribution in [0.4, 0.5) is 0 Å². The predicted octanol–water partition coefficient (Wildman–Crippen LogP) is 1.27. The molecule has 0 saturated carbocycles. The molecule has 3 nitrogen and oxygen atoms in total. The molecule has 0 bridgehead atoms. The molecule has 0 aliphatic rings. The number of aldehydes is 1. The standard InChI is InChI=1S/C11H12O3/c12-7-1-2-10-3-5-11(6-4-10)14-9-8-13/h1-7,13H,8-9H2/b2-1+. The Labute approximate surface area is 82.6 Å². The molecule has 0 radical (unpaired) electrons. The highest BCUT2D eigenvalue weighted by molar-refractivity contribution is 5.73. The van der Waals surface area contributed by atoms with E-state index < -0.39 is 0 Å². The van der Waals surface area contributed by atoms with E-state index in [2.05, 4.69) is 0 Å². The first-order chi connectivity index (χ1) is 6.86. The van der Waals surface area contributed by atoms with Gasteiger partial charge in [0, 0.05) is 0 Å². The van der Waals surface area contributed by atoms with Crippen LogP contribution in [-0.2, 0) is 4.79 Å². The van der Waals surface area contributed by atoms with Gasteiger partial charge in [-0.3, -0.25) is 4.79 Å². The van der Waals surface area contributed by atoms with Crippen LogP contribution in [0.25, 0.3) is 6.08 Å². The Morgan fingerprint density at radius 1 is 1.29 bits per heavy atom. The fraction of sp³-hybridized carbons (Fsp3) is 0.182. The van der Waals surface area contributed by atoms with E-state index in [0.717, 1.165) is 11.8 Å². The number of carbonyl (C=O) groups is 1. The highest BCUT2D eigenvalue weighted by Gasteiger charge is 1.91. The second-order valence-corrected chi connectivity index (χ2v) is 2.64. The van der Waals surface area contributed by atoms with Crippen LogP contribution in [0.5, 0.6) is 5.75 Å². The number of carbonyl (C=O) groups excluding carboxylic acids is 1. The van der Waals surface area contributed by atoms with Crippen molar-refractivity contribution in [3.63, 3.8) is 0 Å². The molecule has 14 heavy (non-hydrogen) atoms. The quantitative estimate of drug-likeness (QED) is 0.564. The van der Waals surface area contributed by atoms with Crippen LogP contribution in [0.1, 0.15) is 5.56 Å². The summed E-state index contributed by atoms with van der Waals surface area (Å²) in [5.74, 6) is 0.710. The smallest absolute Gasteiger partial charge is 0.142 e. The molecule has 0 saturated heterocycles. The Morgan fingerprint density at radius 3 is 2.57 bits per heavy atom. The minimum atomic E-state index is 0.00674. The first-order valence-corrected chi connectivity index (χ1v) is 4.32. The number of hydrogen-bond acceptors (Lipinski definition) is 3. The summed E-state index contributed by atoms with van der Waals surface area (Å²) < 4.78 is 5.17. The predicted molar refractivity (Wildman–Crippen MR) is 54.1 cm³/mol. The third-order valence-corrected chi connectivity index (χ3v) is 1.61. The third kappa shape index (κ3) is 3.41. The molecular weight excluding hydrogens is 180 g/mol. The maximum atomic E-state index is 10.0. The first-order valence-electron chi connectivity index (χ1n) is 4.32. The van der Waals surface area contributed by atoms with E-state index >= 15 is 0 Å². The van der Waals surface area contributed by atoms with E-state index in [1.807, 2.05) is 12.1 Å². The van der Waals surface area contributed by atoms with Gasteiger partial charge < -0.3 is 9.84 Å². The molecule has 3 heteroatoms. The van der Waals surface area contributed by atoms with Gasteiger partial charge in [-0.15, -0.1) is 0 Å². The summed E-state index contributed by atoms with van der Waals surface area (Å²) in [4.78, 5) is 10.0. The van der Waals surface area contributed by atoms with E-state index in [9.17, 15) is 4.79 Å². The second-order valence-electron chi connectivity index (χ2n) is 2.64. The van der Waals surface area contributed by atoms with Crippen molar-refractivity contribution < 1.29 is 14.6 Å². The van der Waals surface area contributed by atoms with Gasteiger partial charge in [-0.1, -0.05) is 18.2 Å². The maximum Gasteiger partial charge on any atom is 0.142 e. The zero-order valence-electron chi connectivity index (χ0n) is 7.72. The largest absolute Gasteiger partial charge is 0.491 e.